The Balaban J connectivity index is 2.88. The zero-order valence-electron chi connectivity index (χ0n) is 10.4. The number of aliphatic hydroxyl groups excluding tert-OH is 1. The van der Waals surface area contributed by atoms with Crippen molar-refractivity contribution in [3.8, 4) is 11.5 Å². The maximum absolute atomic E-state index is 11.3. The van der Waals surface area contributed by atoms with Crippen molar-refractivity contribution < 1.29 is 19.4 Å². The Kier molecular flexibility index (Phi) is 4.97. The molecule has 17 heavy (non-hydrogen) atoms. The van der Waals surface area contributed by atoms with Gasteiger partial charge in [-0.05, 0) is 31.0 Å². The van der Waals surface area contributed by atoms with Gasteiger partial charge in [-0.1, -0.05) is 19.4 Å². The van der Waals surface area contributed by atoms with Crippen molar-refractivity contribution in [2.24, 2.45) is 0 Å². The van der Waals surface area contributed by atoms with Gasteiger partial charge in [0.15, 0.2) is 11.5 Å². The topological polar surface area (TPSA) is 55.8 Å². The second-order valence-electron chi connectivity index (χ2n) is 3.83. The van der Waals surface area contributed by atoms with Gasteiger partial charge in [0.25, 0.3) is 0 Å². The van der Waals surface area contributed by atoms with Gasteiger partial charge in [-0.3, -0.25) is 0 Å². The molecule has 0 saturated carbocycles. The lowest BCUT2D eigenvalue weighted by Crippen LogP contribution is -2.22. The monoisotopic (exact) mass is 238 g/mol. The summed E-state index contributed by atoms with van der Waals surface area (Å²) in [4.78, 5) is 11.3. The first-order chi connectivity index (χ1) is 8.08. The van der Waals surface area contributed by atoms with Crippen molar-refractivity contribution in [1.82, 2.24) is 0 Å². The number of hydrogen-bond acceptors (Lipinski definition) is 4. The van der Waals surface area contributed by atoms with E-state index in [1.54, 1.807) is 6.07 Å². The van der Waals surface area contributed by atoms with Crippen LogP contribution >= 0.6 is 0 Å². The average molecular weight is 238 g/mol. The molecule has 0 amide bonds. The molecule has 0 radical (unpaired) electrons. The maximum Gasteiger partial charge on any atom is 0.340 e. The molecule has 94 valence electrons. The fourth-order valence-corrected chi connectivity index (χ4v) is 1.43. The van der Waals surface area contributed by atoms with Crippen LogP contribution in [0.5, 0.6) is 11.5 Å². The number of hydrogen-bond donors (Lipinski definition) is 1. The van der Waals surface area contributed by atoms with E-state index in [2.05, 4.69) is 6.92 Å². The summed E-state index contributed by atoms with van der Waals surface area (Å²) >= 11 is 0. The van der Waals surface area contributed by atoms with Gasteiger partial charge in [-0.25, -0.2) is 4.79 Å². The Hall–Kier alpha value is -1.55. The van der Waals surface area contributed by atoms with Crippen molar-refractivity contribution in [2.45, 2.75) is 32.8 Å². The van der Waals surface area contributed by atoms with Crippen LogP contribution in [0, 0.1) is 0 Å². The molecule has 1 rings (SSSR count). The van der Waals surface area contributed by atoms with Crippen LogP contribution in [0.3, 0.4) is 0 Å². The van der Waals surface area contributed by atoms with Crippen molar-refractivity contribution in [3.63, 3.8) is 0 Å². The Morgan fingerprint density at radius 3 is 2.65 bits per heavy atom. The van der Waals surface area contributed by atoms with Gasteiger partial charge in [-0.2, -0.15) is 0 Å². The molecule has 1 aromatic carbocycles. The Morgan fingerprint density at radius 1 is 1.41 bits per heavy atom. The first kappa shape index (κ1) is 13.5. The molecule has 0 saturated heterocycles. The summed E-state index contributed by atoms with van der Waals surface area (Å²) in [6.07, 6.45) is 0.840. The molecule has 4 nitrogen and oxygen atoms in total. The van der Waals surface area contributed by atoms with Crippen LogP contribution in [0.2, 0.25) is 0 Å². The molecule has 1 aromatic rings. The van der Waals surface area contributed by atoms with E-state index in [-0.39, 0.29) is 0 Å². The van der Waals surface area contributed by atoms with Gasteiger partial charge in [0.1, 0.15) is 6.10 Å². The zero-order chi connectivity index (χ0) is 12.8. The molecule has 0 aliphatic heterocycles. The molecule has 0 bridgehead atoms. The lowest BCUT2D eigenvalue weighted by atomic mass is 10.1. The number of aliphatic hydroxyl groups is 1. The smallest absolute Gasteiger partial charge is 0.340 e. The van der Waals surface area contributed by atoms with Gasteiger partial charge in [0.2, 0.25) is 0 Å². The van der Waals surface area contributed by atoms with E-state index < -0.39 is 12.1 Å². The summed E-state index contributed by atoms with van der Waals surface area (Å²) in [6.45, 7) is 3.45. The summed E-state index contributed by atoms with van der Waals surface area (Å²) in [6, 6.07) is 5.41. The number of esters is 1. The fourth-order valence-electron chi connectivity index (χ4n) is 1.43. The van der Waals surface area contributed by atoms with E-state index in [0.717, 1.165) is 18.4 Å². The van der Waals surface area contributed by atoms with Crippen molar-refractivity contribution in [3.05, 3.63) is 23.8 Å². The van der Waals surface area contributed by atoms with Crippen LogP contribution in [-0.4, -0.2) is 24.3 Å². The zero-order valence-corrected chi connectivity index (χ0v) is 10.4. The maximum atomic E-state index is 11.3. The first-order valence-corrected chi connectivity index (χ1v) is 5.65. The molecule has 1 N–H and O–H groups in total. The molecule has 0 aliphatic rings. The second kappa shape index (κ2) is 6.25. The number of carbonyl (C=O) groups excluding carboxylic acids is 1. The van der Waals surface area contributed by atoms with Crippen molar-refractivity contribution in [2.75, 3.05) is 7.11 Å². The molecule has 0 spiro atoms. The quantitative estimate of drug-likeness (QED) is 0.629. The SMILES string of the molecule is CCCc1ccc(OC(=O)C(C)O)c(OC)c1. The molecular weight excluding hydrogens is 220 g/mol. The lowest BCUT2D eigenvalue weighted by molar-refractivity contribution is -0.142. The summed E-state index contributed by atoms with van der Waals surface area (Å²) in [5.74, 6) is 0.148. The van der Waals surface area contributed by atoms with Crippen molar-refractivity contribution >= 4 is 5.97 Å². The number of rotatable bonds is 5. The highest BCUT2D eigenvalue weighted by atomic mass is 16.6. The highest BCUT2D eigenvalue weighted by molar-refractivity contribution is 5.77. The van der Waals surface area contributed by atoms with E-state index in [0.29, 0.717) is 11.5 Å². The normalized spacial score (nSPS) is 12.0. The molecule has 0 fully saturated rings. The predicted octanol–water partition coefficient (Wildman–Crippen LogP) is 1.93. The number of methoxy groups -OCH3 is 1. The summed E-state index contributed by atoms with van der Waals surface area (Å²) in [7, 11) is 1.52. The summed E-state index contributed by atoms with van der Waals surface area (Å²) in [5.41, 5.74) is 1.13. The van der Waals surface area contributed by atoms with Crippen LogP contribution in [0.25, 0.3) is 0 Å². The number of aryl methyl sites for hydroxylation is 1. The molecule has 1 atom stereocenters. The third-order valence-electron chi connectivity index (χ3n) is 2.32. The van der Waals surface area contributed by atoms with Crippen LogP contribution in [0.4, 0.5) is 0 Å². The highest BCUT2D eigenvalue weighted by Gasteiger charge is 2.14. The molecule has 1 unspecified atom stereocenters. The molecule has 0 heterocycles. The van der Waals surface area contributed by atoms with Crippen LogP contribution < -0.4 is 9.47 Å². The van der Waals surface area contributed by atoms with Gasteiger partial charge >= 0.3 is 5.97 Å². The van der Waals surface area contributed by atoms with Crippen molar-refractivity contribution in [1.29, 1.82) is 0 Å². The largest absolute Gasteiger partial charge is 0.493 e. The van der Waals surface area contributed by atoms with Gasteiger partial charge in [0, 0.05) is 0 Å². The van der Waals surface area contributed by atoms with Gasteiger partial charge in [0.05, 0.1) is 7.11 Å². The minimum atomic E-state index is -1.14. The number of benzene rings is 1. The van der Waals surface area contributed by atoms with E-state index in [4.69, 9.17) is 14.6 Å². The standard InChI is InChI=1S/C13H18O4/c1-4-5-10-6-7-11(12(8-10)16-3)17-13(15)9(2)14/h6-9,14H,4-5H2,1-3H3. The Labute approximate surface area is 101 Å². The van der Waals surface area contributed by atoms with E-state index >= 15 is 0 Å². The average Bonchev–Trinajstić information content (AvgIpc) is 2.31. The Morgan fingerprint density at radius 2 is 2.12 bits per heavy atom. The van der Waals surface area contributed by atoms with E-state index in [1.165, 1.54) is 14.0 Å². The van der Waals surface area contributed by atoms with Gasteiger partial charge in [-0.15, -0.1) is 0 Å². The fraction of sp³-hybridized carbons (Fsp3) is 0.462. The molecule has 0 aliphatic carbocycles. The van der Waals surface area contributed by atoms with Crippen LogP contribution in [0.15, 0.2) is 18.2 Å². The minimum absolute atomic E-state index is 0.332. The van der Waals surface area contributed by atoms with Crippen LogP contribution in [0.1, 0.15) is 25.8 Å². The third-order valence-corrected chi connectivity index (χ3v) is 2.32. The first-order valence-electron chi connectivity index (χ1n) is 5.65. The Bertz CT molecular complexity index is 385. The lowest BCUT2D eigenvalue weighted by Gasteiger charge is -2.11. The third kappa shape index (κ3) is 3.75. The second-order valence-corrected chi connectivity index (χ2v) is 3.83. The summed E-state index contributed by atoms with van der Waals surface area (Å²) in [5, 5.41) is 9.07. The predicted molar refractivity (Wildman–Crippen MR) is 64.3 cm³/mol. The molecule has 4 heteroatoms. The molecular formula is C13H18O4. The minimum Gasteiger partial charge on any atom is -0.493 e. The highest BCUT2D eigenvalue weighted by Crippen LogP contribution is 2.28. The van der Waals surface area contributed by atoms with E-state index in [9.17, 15) is 4.79 Å². The number of ether oxygens (including phenoxy) is 2. The molecule has 0 aromatic heterocycles. The van der Waals surface area contributed by atoms with E-state index in [1.807, 2.05) is 12.1 Å². The summed E-state index contributed by atoms with van der Waals surface area (Å²) < 4.78 is 10.2. The number of carbonyl (C=O) groups is 1. The van der Waals surface area contributed by atoms with Gasteiger partial charge < -0.3 is 14.6 Å². The van der Waals surface area contributed by atoms with Crippen LogP contribution in [-0.2, 0) is 11.2 Å².